The summed E-state index contributed by atoms with van der Waals surface area (Å²) < 4.78 is 140. The van der Waals surface area contributed by atoms with Crippen molar-refractivity contribution in [3.05, 3.63) is 168 Å². The second-order valence-electron chi connectivity index (χ2n) is 15.2. The quantitative estimate of drug-likeness (QED) is 0.161. The fourth-order valence-electron chi connectivity index (χ4n) is 7.47. The Kier molecular flexibility index (Phi) is 8.63. The molecule has 301 valence electrons. The Morgan fingerprint density at radius 3 is 2.22 bits per heavy atom. The van der Waals surface area contributed by atoms with E-state index in [2.05, 4.69) is 35.9 Å². The molecule has 0 saturated heterocycles. The van der Waals surface area contributed by atoms with E-state index in [1.807, 2.05) is 18.2 Å². The van der Waals surface area contributed by atoms with Crippen molar-refractivity contribution in [3.8, 4) is 44.8 Å². The summed E-state index contributed by atoms with van der Waals surface area (Å²) in [5.74, 6) is -1.11. The van der Waals surface area contributed by atoms with Gasteiger partial charge in [0.15, 0.2) is 0 Å². The molecular weight excluding hydrogens is 918 g/mol. The van der Waals surface area contributed by atoms with Crippen LogP contribution in [0.3, 0.4) is 0 Å². The Morgan fingerprint density at radius 1 is 0.763 bits per heavy atom. The third kappa shape index (κ3) is 8.83. The van der Waals surface area contributed by atoms with Gasteiger partial charge in [-0.15, -0.1) is 54.1 Å². The van der Waals surface area contributed by atoms with Gasteiger partial charge < -0.3 is 14.4 Å². The largest absolute Gasteiger partial charge is 0.500 e. The van der Waals surface area contributed by atoms with Gasteiger partial charge >= 0.3 is 6.18 Å². The number of rotatable bonds is 5. The van der Waals surface area contributed by atoms with Crippen LogP contribution in [0.5, 0.6) is 0 Å². The average Bonchev–Trinajstić information content (AvgIpc) is 3.68. The predicted octanol–water partition coefficient (Wildman–Crippen LogP) is 15.0. The number of furan rings is 1. The molecule has 0 N–H and O–H groups in total. The van der Waals surface area contributed by atoms with Crippen molar-refractivity contribution in [2.24, 2.45) is 5.41 Å². The monoisotopic (exact) mass is 974 g/mol. The molecule has 1 radical (unpaired) electrons. The molecule has 1 aliphatic carbocycles. The first-order valence-electron chi connectivity index (χ1n) is 24.4. The smallest absolute Gasteiger partial charge is 0.417 e. The zero-order chi connectivity index (χ0) is 49.9. The zero-order valence-corrected chi connectivity index (χ0v) is 34.5. The van der Waals surface area contributed by atoms with Crippen molar-refractivity contribution in [1.29, 1.82) is 0 Å². The van der Waals surface area contributed by atoms with Gasteiger partial charge in [-0.2, -0.15) is 13.2 Å². The number of pyridine rings is 2. The third-order valence-corrected chi connectivity index (χ3v) is 10.7. The van der Waals surface area contributed by atoms with E-state index >= 15 is 0 Å². The van der Waals surface area contributed by atoms with Gasteiger partial charge in [0.2, 0.25) is 0 Å². The molecular formula is C52H45F3IrN2O-2. The van der Waals surface area contributed by atoms with E-state index in [1.54, 1.807) is 60.7 Å². The summed E-state index contributed by atoms with van der Waals surface area (Å²) in [6, 6.07) is 34.5. The molecule has 7 heteroatoms. The van der Waals surface area contributed by atoms with Gasteiger partial charge in [-0.25, -0.2) is 0 Å². The maximum Gasteiger partial charge on any atom is 0.417 e. The summed E-state index contributed by atoms with van der Waals surface area (Å²) in [5, 5.41) is 0.874. The molecule has 0 aliphatic heterocycles. The fraction of sp³-hybridized carbons (Fsp3) is 0.231. The van der Waals surface area contributed by atoms with Gasteiger partial charge in [-0.05, 0) is 114 Å². The molecule has 0 spiro atoms. The van der Waals surface area contributed by atoms with Crippen LogP contribution in [0.2, 0.25) is 0 Å². The molecule has 59 heavy (non-hydrogen) atoms. The molecule has 3 nitrogen and oxygen atoms in total. The molecule has 1 fully saturated rings. The first-order valence-corrected chi connectivity index (χ1v) is 18.9. The van der Waals surface area contributed by atoms with Crippen LogP contribution in [-0.4, -0.2) is 9.97 Å². The number of fused-ring (bicyclic) bond motifs is 3. The first-order chi connectivity index (χ1) is 32.2. The van der Waals surface area contributed by atoms with Crippen LogP contribution >= 0.6 is 0 Å². The molecule has 0 unspecified atom stereocenters. The Morgan fingerprint density at radius 2 is 1.53 bits per heavy atom. The normalized spacial score (nSPS) is 18.0. The molecule has 5 aromatic carbocycles. The Bertz CT molecular complexity index is 3160. The maximum absolute atomic E-state index is 14.4. The van der Waals surface area contributed by atoms with Crippen molar-refractivity contribution in [2.45, 2.75) is 72.2 Å². The van der Waals surface area contributed by atoms with Crippen LogP contribution in [0.1, 0.15) is 88.3 Å². The fourth-order valence-corrected chi connectivity index (χ4v) is 7.47. The molecule has 9 rings (SSSR count). The average molecular weight is 974 g/mol. The van der Waals surface area contributed by atoms with E-state index in [0.717, 1.165) is 36.4 Å². The van der Waals surface area contributed by atoms with Crippen LogP contribution < -0.4 is 0 Å². The van der Waals surface area contributed by atoms with E-state index in [0.29, 0.717) is 34.7 Å². The summed E-state index contributed by atoms with van der Waals surface area (Å²) in [7, 11) is 0. The van der Waals surface area contributed by atoms with E-state index < -0.39 is 38.2 Å². The summed E-state index contributed by atoms with van der Waals surface area (Å²) in [6.45, 7) is -3.39. The summed E-state index contributed by atoms with van der Waals surface area (Å²) in [4.78, 5) is 8.56. The van der Waals surface area contributed by atoms with E-state index in [-0.39, 0.29) is 87.4 Å². The molecule has 1 saturated carbocycles. The van der Waals surface area contributed by atoms with Crippen molar-refractivity contribution >= 4 is 21.9 Å². The Hall–Kier alpha value is -5.36. The van der Waals surface area contributed by atoms with Crippen LogP contribution in [0, 0.1) is 38.1 Å². The first kappa shape index (κ1) is 29.8. The number of alkyl halides is 3. The number of hydrogen-bond acceptors (Lipinski definition) is 3. The Labute approximate surface area is 373 Å². The van der Waals surface area contributed by atoms with Crippen LogP contribution in [0.25, 0.3) is 66.7 Å². The Balaban J connectivity index is 0.000000360. The van der Waals surface area contributed by atoms with Gasteiger partial charge in [-0.1, -0.05) is 97.6 Å². The van der Waals surface area contributed by atoms with Crippen LogP contribution in [0.4, 0.5) is 13.2 Å². The minimum atomic E-state index is -4.69. The molecule has 8 aromatic rings. The third-order valence-electron chi connectivity index (χ3n) is 10.7. The van der Waals surface area contributed by atoms with Gasteiger partial charge in [0.1, 0.15) is 5.58 Å². The van der Waals surface area contributed by atoms with Crippen molar-refractivity contribution in [3.63, 3.8) is 0 Å². The molecule has 0 atom stereocenters. The molecule has 0 amide bonds. The van der Waals surface area contributed by atoms with Crippen molar-refractivity contribution in [2.75, 3.05) is 0 Å². The van der Waals surface area contributed by atoms with E-state index in [1.165, 1.54) is 30.5 Å². The topological polar surface area (TPSA) is 38.9 Å². The summed E-state index contributed by atoms with van der Waals surface area (Å²) in [6.07, 6.45) is 0.269. The van der Waals surface area contributed by atoms with E-state index in [4.69, 9.17) is 18.1 Å². The van der Waals surface area contributed by atoms with Crippen molar-refractivity contribution < 1.29 is 52.8 Å². The number of aryl methyl sites for hydroxylation is 3. The van der Waals surface area contributed by atoms with Gasteiger partial charge in [0.25, 0.3) is 0 Å². The molecule has 3 aromatic heterocycles. The van der Waals surface area contributed by atoms with Gasteiger partial charge in [-0.3, -0.25) is 0 Å². The number of nitrogens with zero attached hydrogens (tertiary/aromatic N) is 2. The molecule has 0 bridgehead atoms. The number of aromatic nitrogens is 2. The second-order valence-corrected chi connectivity index (χ2v) is 15.2. The zero-order valence-electron chi connectivity index (χ0n) is 43.1. The number of halogens is 3. The SMILES string of the molecule is [2H]C([2H])([2H])c1ccc(-c2[c-]cccc2)nc1.[2H]c1cc(C2([2H])CCC(C)(C)CC2)cc(C([2H])([2H])[2H])c1-c1cc(-c2[c-]ccc3c2oc2c(-c4ccccc4)c(C(F)(F)F)ccc23)ncc1C([2H])([2H])[2H].[Ir]. The van der Waals surface area contributed by atoms with Gasteiger partial charge in [0.05, 0.1) is 12.5 Å². The minimum Gasteiger partial charge on any atom is -0.500 e. The summed E-state index contributed by atoms with van der Waals surface area (Å²) >= 11 is 0. The second kappa shape index (κ2) is 17.1. The molecule has 3 heterocycles. The number of hydrogen-bond donors (Lipinski definition) is 0. The number of benzene rings is 5. The van der Waals surface area contributed by atoms with Crippen LogP contribution in [0.15, 0.2) is 132 Å². The van der Waals surface area contributed by atoms with E-state index in [9.17, 15) is 14.5 Å². The maximum atomic E-state index is 14.4. The van der Waals surface area contributed by atoms with Gasteiger partial charge in [0, 0.05) is 57.2 Å². The standard InChI is InChI=1S/C40H35F3NO.C12H10N.Ir/c1-24-21-28(26-17-19-39(3,4)20-18-26)13-14-29(24)33-22-35(44-23-25(33)2)32-12-8-11-30-31-15-16-34(40(41,42)43)36(38(31)45-37(30)32)27-9-6-5-7-10-27;1-10-7-8-12(13-9-10)11-5-3-2-4-6-11;/h5-11,13-16,21-23,26H,17-20H2,1-4H3;2-5,7-9H,1H3;/q2*-1;/i1D3,2D3,14D,26D;1D3;. The molecule has 1 aliphatic rings. The predicted molar refractivity (Wildman–Crippen MR) is 229 cm³/mol. The summed E-state index contributed by atoms with van der Waals surface area (Å²) in [5.41, 5.74) is 1.29. The van der Waals surface area contributed by atoms with Crippen LogP contribution in [-0.2, 0) is 26.3 Å². The van der Waals surface area contributed by atoms with Crippen molar-refractivity contribution in [1.82, 2.24) is 9.97 Å². The minimum absolute atomic E-state index is 0.